The van der Waals surface area contributed by atoms with E-state index < -0.39 is 104 Å². The Morgan fingerprint density at radius 2 is 1.41 bits per heavy atom. The van der Waals surface area contributed by atoms with Crippen molar-refractivity contribution < 1.29 is 75.2 Å². The molecule has 322 valence electrons. The molecule has 8 atom stereocenters. The molecule has 1 aromatic heterocycles. The first-order valence-electron chi connectivity index (χ1n) is 23.6. The van der Waals surface area contributed by atoms with Gasteiger partial charge in [-0.05, 0) is 76.3 Å². The minimum atomic E-state index is -2.67. The zero-order chi connectivity index (χ0) is 57.5. The van der Waals surface area contributed by atoms with Gasteiger partial charge < -0.3 is 81.5 Å². The number of para-hydroxylation sites is 1. The lowest BCUT2D eigenvalue weighted by molar-refractivity contribution is -0.141. The Morgan fingerprint density at radius 1 is 0.875 bits per heavy atom. The highest BCUT2D eigenvalue weighted by Gasteiger charge is 2.17. The van der Waals surface area contributed by atoms with E-state index in [9.17, 15) is 24.0 Å². The van der Waals surface area contributed by atoms with E-state index >= 15 is 0 Å². The van der Waals surface area contributed by atoms with E-state index in [1.165, 1.54) is 13.0 Å². The second-order valence-electron chi connectivity index (χ2n) is 11.0. The highest BCUT2D eigenvalue weighted by molar-refractivity contribution is 5.86. The number of carbonyl (C=O) groups is 5. The number of nitrogens with one attached hydrogen (secondary N) is 1. The highest BCUT2D eigenvalue weighted by Crippen LogP contribution is 2.18. The van der Waals surface area contributed by atoms with E-state index in [-0.39, 0.29) is 63.2 Å². The third-order valence-corrected chi connectivity index (χ3v) is 6.28. The lowest BCUT2D eigenvalue weighted by Crippen LogP contribution is -2.39. The molecule has 23 N–H and O–H groups in total. The van der Waals surface area contributed by atoms with Crippen LogP contribution in [0, 0.1) is 5.92 Å². The van der Waals surface area contributed by atoms with Crippen molar-refractivity contribution in [2.75, 3.05) is 6.50 Å². The number of fused-ring (bicyclic) bond motifs is 1. The monoisotopic (exact) mass is 823 g/mol. The smallest absolute Gasteiger partial charge is 0.323 e. The number of aromatic nitrogens is 1. The lowest BCUT2D eigenvalue weighted by Gasteiger charge is -2.10. The fourth-order valence-corrected chi connectivity index (χ4v) is 3.06. The van der Waals surface area contributed by atoms with E-state index in [4.69, 9.17) is 97.1 Å². The van der Waals surface area contributed by atoms with Gasteiger partial charge >= 0.3 is 23.9 Å². The number of nitrogens with zero attached hydrogens (tertiary/aromatic N) is 1. The quantitative estimate of drug-likeness (QED) is 0.0333. The van der Waals surface area contributed by atoms with E-state index in [1.807, 2.05) is 0 Å². The second kappa shape index (κ2) is 31.5. The molecule has 21 nitrogen and oxygen atoms in total. The number of aromatic amines is 1. The molecule has 1 heterocycles. The van der Waals surface area contributed by atoms with Gasteiger partial charge in [-0.3, -0.25) is 29.0 Å². The Hall–Kier alpha value is -4.74. The summed E-state index contributed by atoms with van der Waals surface area (Å²) in [6.07, 6.45) is -5.62. The van der Waals surface area contributed by atoms with Gasteiger partial charge in [-0.25, -0.2) is 0 Å². The van der Waals surface area contributed by atoms with Crippen LogP contribution in [0.5, 0.6) is 0 Å². The molecule has 0 aliphatic carbocycles. The summed E-state index contributed by atoms with van der Waals surface area (Å²) in [6.45, 7) is -0.651. The topological polar surface area (TPSA) is 443 Å². The molecule has 0 fully saturated rings. The van der Waals surface area contributed by atoms with Gasteiger partial charge in [0.1, 0.15) is 36.1 Å². The van der Waals surface area contributed by atoms with Crippen LogP contribution in [-0.4, -0.2) is 120 Å². The van der Waals surface area contributed by atoms with Gasteiger partial charge in [0, 0.05) is 27.7 Å². The van der Waals surface area contributed by atoms with Crippen LogP contribution in [0.2, 0.25) is 0 Å². The number of hydrogen-bond acceptors (Lipinski definition) is 14. The molecule has 0 saturated heterocycles. The maximum Gasteiger partial charge on any atom is 0.323 e. The molecule has 0 aliphatic heterocycles. The number of H-pyrrole nitrogens is 1. The van der Waals surface area contributed by atoms with Gasteiger partial charge in [0.2, 0.25) is 0 Å². The Kier molecular flexibility index (Phi) is 18.2. The third kappa shape index (κ3) is 29.6. The number of benzene rings is 1. The predicted molar refractivity (Wildman–Crippen MR) is 213 cm³/mol. The summed E-state index contributed by atoms with van der Waals surface area (Å²) >= 11 is 0. The van der Waals surface area contributed by atoms with Gasteiger partial charge in [0.25, 0.3) is 0 Å². The van der Waals surface area contributed by atoms with Crippen LogP contribution < -0.4 is 45.9 Å². The molecule has 21 heteroatoms. The number of aliphatic imine (C=N–C) groups is 1. The SMILES string of the molecule is [2H]C(N)(O)CCC[12C@]([2H])(N)C(=O)O.[2H][13C](C)(O)[13C@]([2H])(N)C(=O)O.[2H][13C]([2H])([2H])C(CC)C[13C@]([2H])(N)C(=O)O.[2H][C@](N)(CC[12C]([2H])([2H])N=C(N)N)C(=O)O.[2H]c1c2[nH][12c]([2H])c(CC([2H])(N)C(C)=O)c2cc[13c]1[2H]. The zero-order valence-electron chi connectivity index (χ0n) is 46.2. The Balaban J connectivity index is -0.000000828. The summed E-state index contributed by atoms with van der Waals surface area (Å²) in [5, 5.41) is 51.7. The molecule has 4 unspecified atom stereocenters. The fourth-order valence-electron chi connectivity index (χ4n) is 3.06. The number of rotatable bonds is 19. The van der Waals surface area contributed by atoms with Crippen LogP contribution in [0.25, 0.3) is 10.9 Å². The summed E-state index contributed by atoms with van der Waals surface area (Å²) in [7, 11) is 0. The Labute approximate surface area is 347 Å². The fraction of sp³-hybridized carbons (Fsp3) is 0.600. The number of carboxylic acids is 4. The lowest BCUT2D eigenvalue weighted by atomic mass is 10.0. The number of Topliss-reactive ketones (excluding diaryl/α,β-unsaturated/α-hetero) is 1. The van der Waals surface area contributed by atoms with Crippen molar-refractivity contribution in [1.29, 1.82) is 0 Å². The number of carboxylic acid groups (broad SMARTS) is 4. The maximum atomic E-state index is 11.3. The molecule has 0 saturated carbocycles. The zero-order valence-corrected chi connectivity index (χ0v) is 31.2. The predicted octanol–water partition coefficient (Wildman–Crippen LogP) is -1.46. The van der Waals surface area contributed by atoms with Crippen LogP contribution in [0.4, 0.5) is 0 Å². The van der Waals surface area contributed by atoms with E-state index in [2.05, 4.69) is 9.98 Å². The number of carbonyl (C=O) groups excluding carboxylic acids is 1. The largest absolute Gasteiger partial charge is 0.480 e. The van der Waals surface area contributed by atoms with E-state index in [1.54, 1.807) is 13.0 Å². The standard InChI is InChI=1S/C12H14N2O.C7H15NO2.C6H14N4O2.C6H14N2O3.C4H9NO3/c1-8(15)11(13)6-9-7-14-12-5-3-2-4-10(9)12;1-3-5(2)4-6(8)7(9)10;7-4(5(11)12)2-1-3-10-6(8)9;7-4(6(10)11)2-1-3-5(8)9;1-2(6)3(5)4(7)8/h2-5,7,11,14H,6,13H2,1H3;5-6H,3-4,8H2,1-2H3,(H,9,10);4H,1-3,7H2,(H,11,12)(H4,8,9,10);4-5,9H,1-3,7-8H2,(H,10,11);2-3,6H,5H2,1H3,(H,7,8)/t;5?,6-;4-;4-,5?;2?,3-/m.0000/s1/i3+1D,5D,7+0D,11D;2+1D3,6+1D;3+0D2,4D;4+0D,5D;2+1D,3+1D. The summed E-state index contributed by atoms with van der Waals surface area (Å²) in [4.78, 5) is 58.6. The van der Waals surface area contributed by atoms with Crippen LogP contribution in [0.15, 0.2) is 35.4 Å². The number of nitrogens with two attached hydrogens (primary N) is 8. The summed E-state index contributed by atoms with van der Waals surface area (Å²) < 4.78 is 109. The Morgan fingerprint density at radius 3 is 1.80 bits per heavy atom. The van der Waals surface area contributed by atoms with Crippen molar-refractivity contribution in [2.45, 2.75) is 121 Å². The number of ketones is 1. The number of aliphatic hydroxyl groups is 2. The molecular weight excluding hydrogens is 741 g/mol. The highest BCUT2D eigenvalue weighted by atomic mass is 16.4. The van der Waals surface area contributed by atoms with Crippen LogP contribution in [0.1, 0.15) is 98.7 Å². The molecule has 0 bridgehead atoms. The molecule has 2 aromatic rings. The normalized spacial score (nSPS) is 22.9. The molecule has 1 aromatic carbocycles. The van der Waals surface area contributed by atoms with Gasteiger partial charge in [0.05, 0.1) is 28.5 Å². The molecule has 0 spiro atoms. The number of hydrogen-bond donors (Lipinski definition) is 15. The van der Waals surface area contributed by atoms with E-state index in [0.29, 0.717) is 16.5 Å². The summed E-state index contributed by atoms with van der Waals surface area (Å²) in [6, 6.07) is -7.86. The Bertz CT molecular complexity index is 2140. The average Bonchev–Trinajstić information content (AvgIpc) is 3.47. The molecule has 0 radical (unpaired) electrons. The third-order valence-electron chi connectivity index (χ3n) is 6.28. The van der Waals surface area contributed by atoms with Crippen LogP contribution in [-0.2, 0) is 30.4 Å². The maximum absolute atomic E-state index is 11.3. The summed E-state index contributed by atoms with van der Waals surface area (Å²) in [5.74, 6) is -7.96. The van der Waals surface area contributed by atoms with Crippen molar-refractivity contribution in [3.63, 3.8) is 0 Å². The van der Waals surface area contributed by atoms with Crippen LogP contribution in [0.3, 0.4) is 0 Å². The molecule has 56 heavy (non-hydrogen) atoms. The van der Waals surface area contributed by atoms with Gasteiger partial charge in [0.15, 0.2) is 5.96 Å². The first-order chi connectivity index (χ1) is 31.3. The van der Waals surface area contributed by atoms with Crippen molar-refractivity contribution in [3.05, 3.63) is 36.0 Å². The van der Waals surface area contributed by atoms with Crippen molar-refractivity contribution in [2.24, 2.45) is 56.8 Å². The van der Waals surface area contributed by atoms with Gasteiger partial charge in [-0.1, -0.05) is 38.4 Å². The van der Waals surface area contributed by atoms with Gasteiger partial charge in [-0.2, -0.15) is 0 Å². The minimum Gasteiger partial charge on any atom is -0.480 e. The molecule has 0 aliphatic rings. The average molecular weight is 823 g/mol. The molecular formula is C35H66N10O11. The number of guanidine groups is 1. The first kappa shape index (κ1) is 32.4. The number of aliphatic carboxylic acids is 4. The second-order valence-corrected chi connectivity index (χ2v) is 11.0. The molecule has 0 amide bonds. The van der Waals surface area contributed by atoms with Crippen LogP contribution >= 0.6 is 0 Å². The van der Waals surface area contributed by atoms with Crippen molar-refractivity contribution in [1.82, 2.24) is 4.98 Å². The van der Waals surface area contributed by atoms with E-state index in [0.717, 1.165) is 6.92 Å². The molecule has 2 rings (SSSR count). The van der Waals surface area contributed by atoms with Crippen molar-refractivity contribution >= 4 is 46.5 Å². The summed E-state index contributed by atoms with van der Waals surface area (Å²) in [5.41, 5.74) is 41.3. The first-order valence-corrected chi connectivity index (χ1v) is 16.1. The van der Waals surface area contributed by atoms with Crippen molar-refractivity contribution in [3.8, 4) is 0 Å². The minimum absolute atomic E-state index is 0.00678. The van der Waals surface area contributed by atoms with Gasteiger partial charge in [-0.15, -0.1) is 0 Å².